The van der Waals surface area contributed by atoms with Crippen molar-refractivity contribution in [1.29, 1.82) is 0 Å². The third kappa shape index (κ3) is 3.25. The Hall–Kier alpha value is -2.75. The van der Waals surface area contributed by atoms with Gasteiger partial charge in [0.15, 0.2) is 0 Å². The Balaban J connectivity index is 2.00. The van der Waals surface area contributed by atoms with Crippen molar-refractivity contribution < 1.29 is 9.53 Å². The molecule has 4 nitrogen and oxygen atoms in total. The molecule has 1 heterocycles. The molecule has 0 saturated carbocycles. The van der Waals surface area contributed by atoms with E-state index in [0.717, 1.165) is 23.0 Å². The standard InChI is InChI=1S/C21H24N2O2/c1-5-23-18-12-8-6-10-16(18)15(4)20(23)21(24)22-17-11-7-9-13-19(17)25-14(2)3/h6-14H,5H2,1-4H3,(H,22,24). The first-order valence-corrected chi connectivity index (χ1v) is 8.67. The lowest BCUT2D eigenvalue weighted by atomic mass is 10.1. The minimum Gasteiger partial charge on any atom is -0.489 e. The first-order chi connectivity index (χ1) is 12.0. The van der Waals surface area contributed by atoms with Crippen LogP contribution in [-0.2, 0) is 6.54 Å². The quantitative estimate of drug-likeness (QED) is 0.712. The Morgan fingerprint density at radius 1 is 1.12 bits per heavy atom. The van der Waals surface area contributed by atoms with Crippen molar-refractivity contribution in [3.05, 3.63) is 59.8 Å². The topological polar surface area (TPSA) is 43.3 Å². The van der Waals surface area contributed by atoms with Gasteiger partial charge >= 0.3 is 0 Å². The van der Waals surface area contributed by atoms with Crippen LogP contribution in [0.2, 0.25) is 0 Å². The van der Waals surface area contributed by atoms with Crippen LogP contribution in [0.15, 0.2) is 48.5 Å². The van der Waals surface area contributed by atoms with Gasteiger partial charge in [0.05, 0.1) is 11.8 Å². The molecule has 0 aliphatic carbocycles. The van der Waals surface area contributed by atoms with E-state index in [1.54, 1.807) is 0 Å². The summed E-state index contributed by atoms with van der Waals surface area (Å²) in [6.07, 6.45) is 0.0434. The third-order valence-electron chi connectivity index (χ3n) is 4.25. The number of anilines is 1. The number of para-hydroxylation sites is 3. The van der Waals surface area contributed by atoms with Gasteiger partial charge < -0.3 is 14.6 Å². The summed E-state index contributed by atoms with van der Waals surface area (Å²) in [5.41, 5.74) is 3.47. The fourth-order valence-corrected chi connectivity index (χ4v) is 3.21. The monoisotopic (exact) mass is 336 g/mol. The van der Waals surface area contributed by atoms with Gasteiger partial charge in [-0.25, -0.2) is 0 Å². The number of amides is 1. The maximum atomic E-state index is 13.0. The smallest absolute Gasteiger partial charge is 0.272 e. The molecule has 0 fully saturated rings. The fourth-order valence-electron chi connectivity index (χ4n) is 3.21. The van der Waals surface area contributed by atoms with Crippen LogP contribution >= 0.6 is 0 Å². The van der Waals surface area contributed by atoms with E-state index in [1.165, 1.54) is 0 Å². The van der Waals surface area contributed by atoms with Gasteiger partial charge in [0.25, 0.3) is 5.91 Å². The largest absolute Gasteiger partial charge is 0.489 e. The molecule has 0 radical (unpaired) electrons. The van der Waals surface area contributed by atoms with Gasteiger partial charge in [0.1, 0.15) is 11.4 Å². The Bertz CT molecular complexity index is 909. The van der Waals surface area contributed by atoms with Crippen LogP contribution in [0.25, 0.3) is 10.9 Å². The highest BCUT2D eigenvalue weighted by Gasteiger charge is 2.20. The molecule has 0 saturated heterocycles. The summed E-state index contributed by atoms with van der Waals surface area (Å²) in [5.74, 6) is 0.568. The van der Waals surface area contributed by atoms with Gasteiger partial charge in [-0.2, -0.15) is 0 Å². The number of carbonyl (C=O) groups excluding carboxylic acids is 1. The average Bonchev–Trinajstić information content (AvgIpc) is 2.88. The molecular formula is C21H24N2O2. The van der Waals surface area contributed by atoms with Crippen molar-refractivity contribution in [2.45, 2.75) is 40.3 Å². The molecule has 0 aliphatic rings. The van der Waals surface area contributed by atoms with E-state index in [1.807, 2.05) is 57.2 Å². The number of ether oxygens (including phenoxy) is 1. The summed E-state index contributed by atoms with van der Waals surface area (Å²) in [7, 11) is 0. The molecule has 3 rings (SSSR count). The molecule has 0 unspecified atom stereocenters. The maximum Gasteiger partial charge on any atom is 0.272 e. The molecule has 1 amide bonds. The number of rotatable bonds is 5. The molecule has 3 aromatic rings. The predicted molar refractivity (Wildman–Crippen MR) is 103 cm³/mol. The summed E-state index contributed by atoms with van der Waals surface area (Å²) in [4.78, 5) is 13.0. The zero-order valence-electron chi connectivity index (χ0n) is 15.2. The predicted octanol–water partition coefficient (Wildman–Crippen LogP) is 5.01. The summed E-state index contributed by atoms with van der Waals surface area (Å²) in [5, 5.41) is 4.14. The number of aryl methyl sites for hydroxylation is 2. The second-order valence-corrected chi connectivity index (χ2v) is 6.35. The van der Waals surface area contributed by atoms with Crippen LogP contribution in [0.3, 0.4) is 0 Å². The van der Waals surface area contributed by atoms with Gasteiger partial charge in [-0.1, -0.05) is 30.3 Å². The molecule has 130 valence electrons. The van der Waals surface area contributed by atoms with Crippen LogP contribution < -0.4 is 10.1 Å². The van der Waals surface area contributed by atoms with Crippen molar-refractivity contribution in [3.63, 3.8) is 0 Å². The lowest BCUT2D eigenvalue weighted by Gasteiger charge is -2.15. The van der Waals surface area contributed by atoms with E-state index in [9.17, 15) is 4.79 Å². The van der Waals surface area contributed by atoms with Gasteiger partial charge in [0, 0.05) is 17.4 Å². The van der Waals surface area contributed by atoms with Crippen molar-refractivity contribution in [2.24, 2.45) is 0 Å². The Morgan fingerprint density at radius 2 is 1.80 bits per heavy atom. The first kappa shape index (κ1) is 17.1. The lowest BCUT2D eigenvalue weighted by Crippen LogP contribution is -2.19. The zero-order valence-corrected chi connectivity index (χ0v) is 15.2. The number of benzene rings is 2. The number of nitrogens with one attached hydrogen (secondary N) is 1. The highest BCUT2D eigenvalue weighted by Crippen LogP contribution is 2.29. The normalized spacial score (nSPS) is 11.1. The SMILES string of the molecule is CCn1c(C(=O)Nc2ccccc2OC(C)C)c(C)c2ccccc21. The van der Waals surface area contributed by atoms with E-state index in [-0.39, 0.29) is 12.0 Å². The number of nitrogens with zero attached hydrogens (tertiary/aromatic N) is 1. The number of hydrogen-bond donors (Lipinski definition) is 1. The second-order valence-electron chi connectivity index (χ2n) is 6.35. The van der Waals surface area contributed by atoms with Gasteiger partial charge in [-0.3, -0.25) is 4.79 Å². The Labute approximate surface area is 148 Å². The number of hydrogen-bond acceptors (Lipinski definition) is 2. The van der Waals surface area contributed by atoms with Crippen molar-refractivity contribution >= 4 is 22.5 Å². The van der Waals surface area contributed by atoms with E-state index >= 15 is 0 Å². The molecule has 0 atom stereocenters. The average molecular weight is 336 g/mol. The van der Waals surface area contributed by atoms with Gasteiger partial charge in [-0.05, 0) is 51.5 Å². The summed E-state index contributed by atoms with van der Waals surface area (Å²) < 4.78 is 7.87. The van der Waals surface area contributed by atoms with Crippen LogP contribution in [0.4, 0.5) is 5.69 Å². The first-order valence-electron chi connectivity index (χ1n) is 8.67. The third-order valence-corrected chi connectivity index (χ3v) is 4.25. The van der Waals surface area contributed by atoms with E-state index < -0.39 is 0 Å². The van der Waals surface area contributed by atoms with E-state index in [4.69, 9.17) is 4.74 Å². The van der Waals surface area contributed by atoms with E-state index in [0.29, 0.717) is 17.1 Å². The summed E-state index contributed by atoms with van der Waals surface area (Å²) in [6, 6.07) is 15.7. The highest BCUT2D eigenvalue weighted by molar-refractivity contribution is 6.08. The highest BCUT2D eigenvalue weighted by atomic mass is 16.5. The molecule has 4 heteroatoms. The minimum absolute atomic E-state index is 0.0434. The molecule has 1 aromatic heterocycles. The molecule has 25 heavy (non-hydrogen) atoms. The van der Waals surface area contributed by atoms with Crippen LogP contribution in [0.5, 0.6) is 5.75 Å². The van der Waals surface area contributed by atoms with Crippen LogP contribution in [0.1, 0.15) is 36.8 Å². The van der Waals surface area contributed by atoms with Crippen LogP contribution in [-0.4, -0.2) is 16.6 Å². The number of carbonyl (C=O) groups is 1. The van der Waals surface area contributed by atoms with Crippen LogP contribution in [0, 0.1) is 6.92 Å². The van der Waals surface area contributed by atoms with Gasteiger partial charge in [-0.15, -0.1) is 0 Å². The van der Waals surface area contributed by atoms with Crippen molar-refractivity contribution in [2.75, 3.05) is 5.32 Å². The zero-order chi connectivity index (χ0) is 18.0. The maximum absolute atomic E-state index is 13.0. The minimum atomic E-state index is -0.115. The molecule has 0 aliphatic heterocycles. The van der Waals surface area contributed by atoms with E-state index in [2.05, 4.69) is 28.9 Å². The fraction of sp³-hybridized carbons (Fsp3) is 0.286. The Kier molecular flexibility index (Phi) is 4.79. The molecule has 2 aromatic carbocycles. The van der Waals surface area contributed by atoms with Gasteiger partial charge in [0.2, 0.25) is 0 Å². The molecule has 1 N–H and O–H groups in total. The number of aromatic nitrogens is 1. The summed E-state index contributed by atoms with van der Waals surface area (Å²) >= 11 is 0. The Morgan fingerprint density at radius 3 is 2.52 bits per heavy atom. The molecular weight excluding hydrogens is 312 g/mol. The molecule has 0 bridgehead atoms. The summed E-state index contributed by atoms with van der Waals surface area (Å²) in [6.45, 7) is 8.73. The molecule has 0 spiro atoms. The van der Waals surface area contributed by atoms with Crippen molar-refractivity contribution in [1.82, 2.24) is 4.57 Å². The number of fused-ring (bicyclic) bond motifs is 1. The van der Waals surface area contributed by atoms with Crippen molar-refractivity contribution in [3.8, 4) is 5.75 Å². The lowest BCUT2D eigenvalue weighted by molar-refractivity contribution is 0.101. The second kappa shape index (κ2) is 7.01.